The van der Waals surface area contributed by atoms with Crippen LogP contribution < -0.4 is 19.6 Å². The van der Waals surface area contributed by atoms with Crippen molar-refractivity contribution in [2.24, 2.45) is 0 Å². The molecule has 0 aliphatic heterocycles. The Kier molecular flexibility index (Phi) is 5.78. The van der Waals surface area contributed by atoms with Gasteiger partial charge in [-0.05, 0) is 48.5 Å². The predicted octanol–water partition coefficient (Wildman–Crippen LogP) is 5.83. The van der Waals surface area contributed by atoms with Gasteiger partial charge in [0.2, 0.25) is 11.2 Å². The van der Waals surface area contributed by atoms with Gasteiger partial charge in [-0.2, -0.15) is 13.2 Å². The minimum atomic E-state index is -5.02. The fourth-order valence-corrected chi connectivity index (χ4v) is 3.00. The number of carbonyl (C=O) groups is 1. The van der Waals surface area contributed by atoms with Crippen LogP contribution in [0.15, 0.2) is 82.0 Å². The lowest BCUT2D eigenvalue weighted by Crippen LogP contribution is -2.15. The lowest BCUT2D eigenvalue weighted by molar-refractivity contribution is -0.154. The Morgan fingerprint density at radius 1 is 0.879 bits per heavy atom. The second-order valence-corrected chi connectivity index (χ2v) is 6.78. The summed E-state index contributed by atoms with van der Waals surface area (Å²) in [6.45, 7) is 0. The van der Waals surface area contributed by atoms with E-state index in [-0.39, 0.29) is 22.4 Å². The van der Waals surface area contributed by atoms with E-state index >= 15 is 0 Å². The number of hydrogen-bond acceptors (Lipinski definition) is 6. The van der Waals surface area contributed by atoms with Crippen LogP contribution >= 0.6 is 0 Å². The van der Waals surface area contributed by atoms with E-state index in [0.29, 0.717) is 5.75 Å². The van der Waals surface area contributed by atoms with Crippen LogP contribution in [-0.2, 0) is 6.18 Å². The lowest BCUT2D eigenvalue weighted by Gasteiger charge is -2.14. The molecule has 0 saturated carbocycles. The first-order chi connectivity index (χ1) is 15.8. The van der Waals surface area contributed by atoms with Crippen LogP contribution in [0, 0.1) is 0 Å². The number of benzene rings is 3. The molecule has 0 aliphatic rings. The maximum absolute atomic E-state index is 13.7. The topological polar surface area (TPSA) is 75.0 Å². The Balaban J connectivity index is 1.74. The van der Waals surface area contributed by atoms with E-state index in [1.54, 1.807) is 18.2 Å². The van der Waals surface area contributed by atoms with Crippen LogP contribution in [0.3, 0.4) is 0 Å². The van der Waals surface area contributed by atoms with E-state index in [1.807, 2.05) is 0 Å². The van der Waals surface area contributed by atoms with Crippen molar-refractivity contribution in [3.8, 4) is 23.0 Å². The maximum Gasteiger partial charge on any atom is 0.453 e. The Bertz CT molecular complexity index is 1360. The zero-order valence-corrected chi connectivity index (χ0v) is 17.0. The van der Waals surface area contributed by atoms with Crippen molar-refractivity contribution in [2.75, 3.05) is 7.11 Å². The number of hydrogen-bond donors (Lipinski definition) is 0. The zero-order chi connectivity index (χ0) is 23.6. The number of ether oxygens (including phenoxy) is 3. The van der Waals surface area contributed by atoms with Crippen LogP contribution in [0.25, 0.3) is 11.0 Å². The molecule has 0 saturated heterocycles. The van der Waals surface area contributed by atoms with Crippen molar-refractivity contribution in [3.63, 3.8) is 0 Å². The Labute approximate surface area is 184 Å². The van der Waals surface area contributed by atoms with Gasteiger partial charge in [0.15, 0.2) is 0 Å². The number of alkyl halides is 3. The largest absolute Gasteiger partial charge is 0.497 e. The third-order valence-electron chi connectivity index (χ3n) is 4.58. The molecule has 0 fully saturated rings. The minimum absolute atomic E-state index is 0.0126. The van der Waals surface area contributed by atoms with Gasteiger partial charge in [-0.1, -0.05) is 18.2 Å². The molecular weight excluding hydrogens is 441 g/mol. The highest BCUT2D eigenvalue weighted by molar-refractivity contribution is 5.91. The molecule has 0 radical (unpaired) electrons. The van der Waals surface area contributed by atoms with Gasteiger partial charge < -0.3 is 18.6 Å². The van der Waals surface area contributed by atoms with Crippen LogP contribution in [-0.4, -0.2) is 13.1 Å². The molecule has 4 aromatic rings. The molecule has 0 amide bonds. The lowest BCUT2D eigenvalue weighted by atomic mass is 10.2. The fraction of sp³-hybridized carbons (Fsp3) is 0.0833. The van der Waals surface area contributed by atoms with Gasteiger partial charge in [0.1, 0.15) is 22.8 Å². The van der Waals surface area contributed by atoms with Crippen LogP contribution in [0.4, 0.5) is 13.2 Å². The molecule has 0 unspecified atom stereocenters. The van der Waals surface area contributed by atoms with E-state index in [0.717, 1.165) is 6.07 Å². The summed E-state index contributed by atoms with van der Waals surface area (Å²) in [5, 5.41) is -0.175. The first kappa shape index (κ1) is 21.9. The fourth-order valence-electron chi connectivity index (χ4n) is 3.00. The van der Waals surface area contributed by atoms with Gasteiger partial charge in [-0.15, -0.1) is 0 Å². The van der Waals surface area contributed by atoms with Crippen molar-refractivity contribution in [3.05, 3.63) is 94.3 Å². The number of halogens is 3. The number of rotatable bonds is 5. The highest BCUT2D eigenvalue weighted by Gasteiger charge is 2.40. The van der Waals surface area contributed by atoms with Gasteiger partial charge in [0.05, 0.1) is 18.1 Å². The third-order valence-corrected chi connectivity index (χ3v) is 4.58. The van der Waals surface area contributed by atoms with Crippen molar-refractivity contribution < 1.29 is 36.6 Å². The summed E-state index contributed by atoms with van der Waals surface area (Å²) in [6, 6.07) is 17.2. The Morgan fingerprint density at radius 3 is 2.15 bits per heavy atom. The number of fused-ring (bicyclic) bond motifs is 1. The molecule has 0 bridgehead atoms. The minimum Gasteiger partial charge on any atom is -0.497 e. The summed E-state index contributed by atoms with van der Waals surface area (Å²) >= 11 is 0. The highest BCUT2D eigenvalue weighted by Crippen LogP contribution is 2.38. The summed E-state index contributed by atoms with van der Waals surface area (Å²) < 4.78 is 61.5. The van der Waals surface area contributed by atoms with Crippen molar-refractivity contribution in [1.82, 2.24) is 0 Å². The quantitative estimate of drug-likeness (QED) is 0.278. The summed E-state index contributed by atoms with van der Waals surface area (Å²) in [5.74, 6) is -2.97. The van der Waals surface area contributed by atoms with Gasteiger partial charge in [-0.25, -0.2) is 4.79 Å². The number of methoxy groups -OCH3 is 1. The SMILES string of the molecule is COc1ccc(Oc2c(C(F)(F)F)oc3cc(OC(=O)c4ccccc4)ccc3c2=O)cc1. The summed E-state index contributed by atoms with van der Waals surface area (Å²) in [7, 11) is 1.43. The average molecular weight is 456 g/mol. The normalized spacial score (nSPS) is 11.3. The van der Waals surface area contributed by atoms with Gasteiger partial charge in [0.25, 0.3) is 5.76 Å². The summed E-state index contributed by atoms with van der Waals surface area (Å²) in [6.07, 6.45) is -5.02. The molecule has 6 nitrogen and oxygen atoms in total. The van der Waals surface area contributed by atoms with Crippen LogP contribution in [0.5, 0.6) is 23.0 Å². The monoisotopic (exact) mass is 456 g/mol. The molecule has 168 valence electrons. The molecule has 1 heterocycles. The summed E-state index contributed by atoms with van der Waals surface area (Å²) in [4.78, 5) is 25.1. The number of esters is 1. The molecule has 0 aliphatic carbocycles. The smallest absolute Gasteiger partial charge is 0.453 e. The van der Waals surface area contributed by atoms with Gasteiger partial charge in [0, 0.05) is 6.07 Å². The van der Waals surface area contributed by atoms with E-state index in [9.17, 15) is 22.8 Å². The average Bonchev–Trinajstić information content (AvgIpc) is 2.81. The van der Waals surface area contributed by atoms with Crippen molar-refractivity contribution >= 4 is 16.9 Å². The summed E-state index contributed by atoms with van der Waals surface area (Å²) in [5.41, 5.74) is -1.19. The molecule has 0 spiro atoms. The van der Waals surface area contributed by atoms with Crippen molar-refractivity contribution in [1.29, 1.82) is 0 Å². The van der Waals surface area contributed by atoms with E-state index < -0.39 is 34.7 Å². The second kappa shape index (κ2) is 8.70. The van der Waals surface area contributed by atoms with Crippen LogP contribution in [0.1, 0.15) is 16.1 Å². The number of carbonyl (C=O) groups excluding carboxylic acids is 1. The highest BCUT2D eigenvalue weighted by atomic mass is 19.4. The zero-order valence-electron chi connectivity index (χ0n) is 17.0. The van der Waals surface area contributed by atoms with E-state index in [1.165, 1.54) is 55.6 Å². The predicted molar refractivity (Wildman–Crippen MR) is 112 cm³/mol. The Hall–Kier alpha value is -4.27. The Morgan fingerprint density at radius 2 is 1.52 bits per heavy atom. The van der Waals surface area contributed by atoms with E-state index in [2.05, 4.69) is 0 Å². The van der Waals surface area contributed by atoms with Crippen molar-refractivity contribution in [2.45, 2.75) is 6.18 Å². The van der Waals surface area contributed by atoms with E-state index in [4.69, 9.17) is 18.6 Å². The van der Waals surface area contributed by atoms with Gasteiger partial charge in [-0.3, -0.25) is 4.79 Å². The molecule has 33 heavy (non-hydrogen) atoms. The molecular formula is C24H15F3O6. The molecule has 3 aromatic carbocycles. The standard InChI is InChI=1S/C24H15F3O6/c1-30-15-7-9-16(10-8-15)31-21-20(28)18-12-11-17(13-19(18)33-22(21)24(25,26)27)32-23(29)14-5-3-2-4-6-14/h2-13H,1H3. The molecule has 1 aromatic heterocycles. The second-order valence-electron chi connectivity index (χ2n) is 6.78. The molecule has 4 rings (SSSR count). The van der Waals surface area contributed by atoms with Crippen LogP contribution in [0.2, 0.25) is 0 Å². The molecule has 0 N–H and O–H groups in total. The first-order valence-corrected chi connectivity index (χ1v) is 9.53. The maximum atomic E-state index is 13.7. The third kappa shape index (κ3) is 4.67. The molecule has 9 heteroatoms. The van der Waals surface area contributed by atoms with Gasteiger partial charge >= 0.3 is 12.1 Å². The first-order valence-electron chi connectivity index (χ1n) is 9.53. The molecule has 0 atom stereocenters.